The lowest BCUT2D eigenvalue weighted by Crippen LogP contribution is -2.35. The fraction of sp³-hybridized carbons (Fsp3) is 0.316. The highest BCUT2D eigenvalue weighted by Crippen LogP contribution is 2.26. The van der Waals surface area contributed by atoms with Gasteiger partial charge in [0, 0.05) is 19.0 Å². The zero-order valence-electron chi connectivity index (χ0n) is 13.6. The van der Waals surface area contributed by atoms with E-state index >= 15 is 0 Å². The van der Waals surface area contributed by atoms with Crippen LogP contribution >= 0.6 is 0 Å². The zero-order valence-corrected chi connectivity index (χ0v) is 13.6. The summed E-state index contributed by atoms with van der Waals surface area (Å²) in [6.07, 6.45) is 0.526. The summed E-state index contributed by atoms with van der Waals surface area (Å²) in [4.78, 5) is 14.5. The number of nitrogens with zero attached hydrogens (tertiary/aromatic N) is 1. The van der Waals surface area contributed by atoms with E-state index in [1.54, 1.807) is 6.07 Å². The topological polar surface area (TPSA) is 60.8 Å². The summed E-state index contributed by atoms with van der Waals surface area (Å²) in [7, 11) is 0. The Morgan fingerprint density at radius 2 is 1.74 bits per heavy atom. The third-order valence-electron chi connectivity index (χ3n) is 3.91. The number of phenols is 2. The van der Waals surface area contributed by atoms with Gasteiger partial charge in [0.25, 0.3) is 0 Å². The Balaban J connectivity index is 2.03. The normalized spacial score (nSPS) is 11.9. The molecule has 0 aliphatic rings. The average Bonchev–Trinajstić information content (AvgIpc) is 2.56. The molecule has 0 saturated carbocycles. The van der Waals surface area contributed by atoms with E-state index in [4.69, 9.17) is 0 Å². The van der Waals surface area contributed by atoms with Gasteiger partial charge in [-0.1, -0.05) is 43.3 Å². The molecule has 1 amide bonds. The molecule has 122 valence electrons. The van der Waals surface area contributed by atoms with Crippen LogP contribution in [0.2, 0.25) is 0 Å². The summed E-state index contributed by atoms with van der Waals surface area (Å²) in [5.74, 6) is -0.405. The van der Waals surface area contributed by atoms with Gasteiger partial charge >= 0.3 is 0 Å². The minimum Gasteiger partial charge on any atom is -0.504 e. The molecule has 0 radical (unpaired) electrons. The van der Waals surface area contributed by atoms with Crippen molar-refractivity contribution in [3.8, 4) is 11.5 Å². The number of benzene rings is 2. The van der Waals surface area contributed by atoms with Gasteiger partial charge in [0.15, 0.2) is 11.5 Å². The Labute approximate surface area is 137 Å². The molecule has 0 aliphatic heterocycles. The minimum atomic E-state index is -0.192. The lowest BCUT2D eigenvalue weighted by molar-refractivity contribution is -0.135. The maximum Gasteiger partial charge on any atom is 0.226 e. The predicted octanol–water partition coefficient (Wildman–Crippen LogP) is 3.33. The monoisotopic (exact) mass is 313 g/mol. The van der Waals surface area contributed by atoms with Crippen molar-refractivity contribution in [1.82, 2.24) is 4.90 Å². The van der Waals surface area contributed by atoms with E-state index in [1.165, 1.54) is 12.1 Å². The number of aromatic hydroxyl groups is 2. The van der Waals surface area contributed by atoms with E-state index in [-0.39, 0.29) is 23.3 Å². The first kappa shape index (κ1) is 16.9. The second-order valence-corrected chi connectivity index (χ2v) is 5.77. The molecule has 0 aliphatic carbocycles. The highest BCUT2D eigenvalue weighted by molar-refractivity contribution is 5.78. The van der Waals surface area contributed by atoms with Crippen LogP contribution in [-0.2, 0) is 17.8 Å². The summed E-state index contributed by atoms with van der Waals surface area (Å²) in [6.45, 7) is 5.11. The van der Waals surface area contributed by atoms with Gasteiger partial charge in [0.2, 0.25) is 5.91 Å². The molecule has 2 N–H and O–H groups in total. The van der Waals surface area contributed by atoms with E-state index in [9.17, 15) is 15.0 Å². The van der Waals surface area contributed by atoms with Crippen LogP contribution in [0.25, 0.3) is 0 Å². The Morgan fingerprint density at radius 3 is 2.35 bits per heavy atom. The fourth-order valence-corrected chi connectivity index (χ4v) is 2.60. The number of hydrogen-bond acceptors (Lipinski definition) is 3. The highest BCUT2D eigenvalue weighted by atomic mass is 16.3. The second-order valence-electron chi connectivity index (χ2n) is 5.77. The molecule has 0 aromatic heterocycles. The lowest BCUT2D eigenvalue weighted by Gasteiger charge is -2.24. The first-order valence-corrected chi connectivity index (χ1v) is 7.84. The van der Waals surface area contributed by atoms with Gasteiger partial charge in [-0.05, 0) is 36.6 Å². The van der Waals surface area contributed by atoms with Gasteiger partial charge in [-0.15, -0.1) is 0 Å². The standard InChI is InChI=1S/C19H23NO3/c1-3-20(13-15-7-5-4-6-8-15)19(23)14(2)11-16-9-10-17(21)18(22)12-16/h4-10,12,14,21-22H,3,11,13H2,1-2H3. The third kappa shape index (κ3) is 4.49. The summed E-state index contributed by atoms with van der Waals surface area (Å²) >= 11 is 0. The molecule has 4 nitrogen and oxygen atoms in total. The van der Waals surface area contributed by atoms with Crippen LogP contribution in [0.1, 0.15) is 25.0 Å². The van der Waals surface area contributed by atoms with Gasteiger partial charge in [0.1, 0.15) is 0 Å². The summed E-state index contributed by atoms with van der Waals surface area (Å²) in [6, 6.07) is 14.6. The smallest absolute Gasteiger partial charge is 0.226 e. The number of amides is 1. The van der Waals surface area contributed by atoms with Gasteiger partial charge in [-0.25, -0.2) is 0 Å². The van der Waals surface area contributed by atoms with Crippen molar-refractivity contribution < 1.29 is 15.0 Å². The van der Waals surface area contributed by atoms with Crippen molar-refractivity contribution in [1.29, 1.82) is 0 Å². The van der Waals surface area contributed by atoms with Crippen LogP contribution in [0.5, 0.6) is 11.5 Å². The van der Waals surface area contributed by atoms with Crippen LogP contribution in [-0.4, -0.2) is 27.6 Å². The largest absolute Gasteiger partial charge is 0.504 e. The second kappa shape index (κ2) is 7.68. The fourth-order valence-electron chi connectivity index (χ4n) is 2.60. The van der Waals surface area contributed by atoms with Crippen molar-refractivity contribution in [2.45, 2.75) is 26.8 Å². The molecule has 2 rings (SSSR count). The van der Waals surface area contributed by atoms with Crippen LogP contribution in [0.4, 0.5) is 0 Å². The number of hydrogen-bond donors (Lipinski definition) is 2. The highest BCUT2D eigenvalue weighted by Gasteiger charge is 2.20. The molecule has 1 atom stereocenters. The lowest BCUT2D eigenvalue weighted by atomic mass is 9.99. The Kier molecular flexibility index (Phi) is 5.63. The molecule has 23 heavy (non-hydrogen) atoms. The number of phenolic OH excluding ortho intramolecular Hbond substituents is 2. The Bertz CT molecular complexity index is 655. The predicted molar refractivity (Wildman–Crippen MR) is 90.2 cm³/mol. The van der Waals surface area contributed by atoms with Gasteiger partial charge in [-0.2, -0.15) is 0 Å². The van der Waals surface area contributed by atoms with Crippen LogP contribution in [0.3, 0.4) is 0 Å². The van der Waals surface area contributed by atoms with Gasteiger partial charge in [-0.3, -0.25) is 4.79 Å². The number of carbonyl (C=O) groups is 1. The van der Waals surface area contributed by atoms with Crippen molar-refractivity contribution in [2.75, 3.05) is 6.54 Å². The van der Waals surface area contributed by atoms with E-state index in [1.807, 2.05) is 49.1 Å². The molecule has 0 saturated heterocycles. The summed E-state index contributed by atoms with van der Waals surface area (Å²) in [5.41, 5.74) is 1.94. The van der Waals surface area contributed by atoms with E-state index in [2.05, 4.69) is 0 Å². The average molecular weight is 313 g/mol. The van der Waals surface area contributed by atoms with Gasteiger partial charge < -0.3 is 15.1 Å². The maximum atomic E-state index is 12.6. The third-order valence-corrected chi connectivity index (χ3v) is 3.91. The van der Waals surface area contributed by atoms with E-state index < -0.39 is 0 Å². The SMILES string of the molecule is CCN(Cc1ccccc1)C(=O)C(C)Cc1ccc(O)c(O)c1. The molecule has 0 bridgehead atoms. The van der Waals surface area contributed by atoms with Crippen LogP contribution in [0, 0.1) is 5.92 Å². The van der Waals surface area contributed by atoms with Crippen molar-refractivity contribution in [2.24, 2.45) is 5.92 Å². The summed E-state index contributed by atoms with van der Waals surface area (Å²) in [5, 5.41) is 18.9. The quantitative estimate of drug-likeness (QED) is 0.804. The first-order chi connectivity index (χ1) is 11.0. The van der Waals surface area contributed by atoms with Crippen LogP contribution in [0.15, 0.2) is 48.5 Å². The number of rotatable bonds is 6. The number of carbonyl (C=O) groups excluding carboxylic acids is 1. The first-order valence-electron chi connectivity index (χ1n) is 7.84. The van der Waals surface area contributed by atoms with E-state index in [0.29, 0.717) is 19.5 Å². The van der Waals surface area contributed by atoms with Crippen LogP contribution < -0.4 is 0 Å². The van der Waals surface area contributed by atoms with E-state index in [0.717, 1.165) is 11.1 Å². The van der Waals surface area contributed by atoms with Gasteiger partial charge in [0.05, 0.1) is 0 Å². The molecule has 2 aromatic carbocycles. The maximum absolute atomic E-state index is 12.6. The van der Waals surface area contributed by atoms with Crippen molar-refractivity contribution >= 4 is 5.91 Å². The molecular formula is C19H23NO3. The molecule has 0 fully saturated rings. The molecule has 0 heterocycles. The zero-order chi connectivity index (χ0) is 16.8. The minimum absolute atomic E-state index is 0.0870. The molecule has 2 aromatic rings. The van der Waals surface area contributed by atoms with Crippen molar-refractivity contribution in [3.05, 3.63) is 59.7 Å². The molecular weight excluding hydrogens is 290 g/mol. The molecule has 0 spiro atoms. The molecule has 1 unspecified atom stereocenters. The summed E-state index contributed by atoms with van der Waals surface area (Å²) < 4.78 is 0. The Hall–Kier alpha value is -2.49. The van der Waals surface area contributed by atoms with Crippen molar-refractivity contribution in [3.63, 3.8) is 0 Å². The Morgan fingerprint density at radius 1 is 1.04 bits per heavy atom. The molecule has 4 heteroatoms.